The molecular formula is C17H19N3O4. The summed E-state index contributed by atoms with van der Waals surface area (Å²) >= 11 is 0. The van der Waals surface area contributed by atoms with Crippen LogP contribution < -0.4 is 14.4 Å². The average molecular weight is 329 g/mol. The van der Waals surface area contributed by atoms with Gasteiger partial charge in [-0.05, 0) is 31.0 Å². The van der Waals surface area contributed by atoms with Crippen LogP contribution in [-0.4, -0.2) is 48.4 Å². The fourth-order valence-corrected chi connectivity index (χ4v) is 2.76. The van der Waals surface area contributed by atoms with Gasteiger partial charge in [0, 0.05) is 24.7 Å². The summed E-state index contributed by atoms with van der Waals surface area (Å²) in [5.74, 6) is 1.07. The van der Waals surface area contributed by atoms with E-state index >= 15 is 0 Å². The Balaban J connectivity index is 2.07. The molecule has 0 aliphatic carbocycles. The van der Waals surface area contributed by atoms with Gasteiger partial charge in [-0.15, -0.1) is 0 Å². The van der Waals surface area contributed by atoms with Crippen LogP contribution in [0, 0.1) is 0 Å². The quantitative estimate of drug-likeness (QED) is 0.902. The minimum Gasteiger partial charge on any atom is -0.493 e. The molecule has 0 radical (unpaired) electrons. The summed E-state index contributed by atoms with van der Waals surface area (Å²) in [6, 6.07) is 6.81. The van der Waals surface area contributed by atoms with Crippen molar-refractivity contribution in [2.75, 3.05) is 32.2 Å². The smallest absolute Gasteiger partial charge is 0.354 e. The Bertz CT molecular complexity index is 757. The summed E-state index contributed by atoms with van der Waals surface area (Å²) in [5, 5.41) is 9.35. The van der Waals surface area contributed by atoms with Gasteiger partial charge in [-0.2, -0.15) is 0 Å². The van der Waals surface area contributed by atoms with Crippen molar-refractivity contribution in [1.29, 1.82) is 0 Å². The van der Waals surface area contributed by atoms with Gasteiger partial charge < -0.3 is 19.5 Å². The van der Waals surface area contributed by atoms with Gasteiger partial charge >= 0.3 is 5.97 Å². The van der Waals surface area contributed by atoms with Crippen molar-refractivity contribution in [3.05, 3.63) is 30.0 Å². The number of carboxylic acids is 1. The molecule has 7 nitrogen and oxygen atoms in total. The fraction of sp³-hybridized carbons (Fsp3) is 0.353. The Morgan fingerprint density at radius 1 is 1.08 bits per heavy atom. The van der Waals surface area contributed by atoms with Crippen LogP contribution in [0.3, 0.4) is 0 Å². The first-order valence-corrected chi connectivity index (χ1v) is 7.72. The van der Waals surface area contributed by atoms with Crippen LogP contribution in [0.5, 0.6) is 11.5 Å². The summed E-state index contributed by atoms with van der Waals surface area (Å²) in [4.78, 5) is 22.2. The lowest BCUT2D eigenvalue weighted by Gasteiger charge is -2.17. The number of ether oxygens (including phenoxy) is 2. The van der Waals surface area contributed by atoms with E-state index in [0.29, 0.717) is 28.7 Å². The first kappa shape index (κ1) is 16.0. The van der Waals surface area contributed by atoms with Gasteiger partial charge in [-0.25, -0.2) is 14.8 Å². The topological polar surface area (TPSA) is 84.8 Å². The molecule has 1 fully saturated rings. The molecule has 0 unspecified atom stereocenters. The van der Waals surface area contributed by atoms with Crippen molar-refractivity contribution >= 4 is 11.8 Å². The molecule has 2 heterocycles. The Morgan fingerprint density at radius 3 is 2.42 bits per heavy atom. The van der Waals surface area contributed by atoms with E-state index in [2.05, 4.69) is 14.9 Å². The molecule has 3 rings (SSSR count). The molecule has 0 saturated carbocycles. The molecule has 0 atom stereocenters. The van der Waals surface area contributed by atoms with Crippen LogP contribution in [0.1, 0.15) is 23.3 Å². The Labute approximate surface area is 139 Å². The highest BCUT2D eigenvalue weighted by Crippen LogP contribution is 2.32. The molecule has 2 aromatic rings. The van der Waals surface area contributed by atoms with Gasteiger partial charge in [0.1, 0.15) is 5.82 Å². The molecule has 1 aliphatic heterocycles. The van der Waals surface area contributed by atoms with Crippen LogP contribution in [0.4, 0.5) is 5.82 Å². The summed E-state index contributed by atoms with van der Waals surface area (Å²) in [5.41, 5.74) is 0.660. The van der Waals surface area contributed by atoms with E-state index in [1.165, 1.54) is 6.07 Å². The number of carbonyl (C=O) groups is 1. The summed E-state index contributed by atoms with van der Waals surface area (Å²) in [7, 11) is 3.11. The second-order valence-corrected chi connectivity index (χ2v) is 5.50. The molecule has 1 N–H and O–H groups in total. The Hall–Kier alpha value is -2.83. The zero-order valence-corrected chi connectivity index (χ0v) is 13.7. The molecule has 1 aromatic carbocycles. The number of nitrogens with zero attached hydrogens (tertiary/aromatic N) is 3. The summed E-state index contributed by atoms with van der Waals surface area (Å²) in [6.07, 6.45) is 2.16. The predicted octanol–water partition coefficient (Wildman–Crippen LogP) is 2.46. The maximum Gasteiger partial charge on any atom is 0.354 e. The van der Waals surface area contributed by atoms with Crippen molar-refractivity contribution in [2.45, 2.75) is 12.8 Å². The first-order valence-electron chi connectivity index (χ1n) is 7.72. The number of rotatable bonds is 5. The Kier molecular flexibility index (Phi) is 4.50. The third-order valence-corrected chi connectivity index (χ3v) is 4.00. The van der Waals surface area contributed by atoms with Gasteiger partial charge in [-0.3, -0.25) is 0 Å². The highest BCUT2D eigenvalue weighted by Gasteiger charge is 2.19. The monoisotopic (exact) mass is 329 g/mol. The third kappa shape index (κ3) is 3.10. The number of hydrogen-bond acceptors (Lipinski definition) is 6. The van der Waals surface area contributed by atoms with Crippen LogP contribution in [0.2, 0.25) is 0 Å². The first-order chi connectivity index (χ1) is 11.6. The average Bonchev–Trinajstić information content (AvgIpc) is 3.15. The highest BCUT2D eigenvalue weighted by molar-refractivity contribution is 5.87. The second-order valence-electron chi connectivity index (χ2n) is 5.50. The molecule has 1 aromatic heterocycles. The van der Waals surface area contributed by atoms with Crippen molar-refractivity contribution in [3.63, 3.8) is 0 Å². The molecule has 1 aliphatic rings. The van der Waals surface area contributed by atoms with E-state index < -0.39 is 5.97 Å². The van der Waals surface area contributed by atoms with Crippen molar-refractivity contribution in [2.24, 2.45) is 0 Å². The molecule has 0 spiro atoms. The van der Waals surface area contributed by atoms with E-state index in [1.807, 2.05) is 0 Å². The van der Waals surface area contributed by atoms with Crippen molar-refractivity contribution < 1.29 is 19.4 Å². The number of carboxylic acid groups (broad SMARTS) is 1. The standard InChI is InChI=1S/C17H19N3O4/c1-23-13-6-5-11(9-14(13)24-2)16-18-12(17(21)22)10-15(19-16)20-7-3-4-8-20/h5-6,9-10H,3-4,7-8H2,1-2H3,(H,21,22). The zero-order valence-electron chi connectivity index (χ0n) is 13.7. The number of aromatic carboxylic acids is 1. The van der Waals surface area contributed by atoms with Gasteiger partial charge in [0.25, 0.3) is 0 Å². The molecule has 126 valence electrons. The fourth-order valence-electron chi connectivity index (χ4n) is 2.76. The maximum absolute atomic E-state index is 11.4. The van der Waals surface area contributed by atoms with Gasteiger partial charge in [0.2, 0.25) is 0 Å². The summed E-state index contributed by atoms with van der Waals surface area (Å²) in [6.45, 7) is 1.75. The van der Waals surface area contributed by atoms with E-state index in [0.717, 1.165) is 25.9 Å². The minimum absolute atomic E-state index is 0.0170. The van der Waals surface area contributed by atoms with Crippen molar-refractivity contribution in [1.82, 2.24) is 9.97 Å². The number of hydrogen-bond donors (Lipinski definition) is 1. The molecule has 0 bridgehead atoms. The van der Waals surface area contributed by atoms with E-state index in [9.17, 15) is 9.90 Å². The van der Waals surface area contributed by atoms with E-state index in [4.69, 9.17) is 9.47 Å². The molecule has 0 amide bonds. The number of methoxy groups -OCH3 is 2. The SMILES string of the molecule is COc1ccc(-c2nc(C(=O)O)cc(N3CCCC3)n2)cc1OC. The van der Waals surface area contributed by atoms with E-state index in [-0.39, 0.29) is 5.69 Å². The van der Waals surface area contributed by atoms with Crippen LogP contribution in [0.15, 0.2) is 24.3 Å². The third-order valence-electron chi connectivity index (χ3n) is 4.00. The zero-order chi connectivity index (χ0) is 17.1. The molecule has 7 heteroatoms. The lowest BCUT2D eigenvalue weighted by molar-refractivity contribution is 0.0690. The van der Waals surface area contributed by atoms with Crippen LogP contribution in [0.25, 0.3) is 11.4 Å². The predicted molar refractivity (Wildman–Crippen MR) is 89.0 cm³/mol. The summed E-state index contributed by atoms with van der Waals surface area (Å²) < 4.78 is 10.5. The number of anilines is 1. The molecule has 24 heavy (non-hydrogen) atoms. The van der Waals surface area contributed by atoms with Gasteiger partial charge in [0.05, 0.1) is 14.2 Å². The number of aromatic nitrogens is 2. The second kappa shape index (κ2) is 6.74. The molecular weight excluding hydrogens is 310 g/mol. The van der Waals surface area contributed by atoms with Crippen molar-refractivity contribution in [3.8, 4) is 22.9 Å². The van der Waals surface area contributed by atoms with Gasteiger partial charge in [-0.1, -0.05) is 0 Å². The Morgan fingerprint density at radius 2 is 1.79 bits per heavy atom. The van der Waals surface area contributed by atoms with Gasteiger partial charge in [0.15, 0.2) is 23.0 Å². The largest absolute Gasteiger partial charge is 0.493 e. The maximum atomic E-state index is 11.4. The number of benzene rings is 1. The highest BCUT2D eigenvalue weighted by atomic mass is 16.5. The lowest BCUT2D eigenvalue weighted by atomic mass is 10.2. The lowest BCUT2D eigenvalue weighted by Crippen LogP contribution is -2.20. The normalized spacial score (nSPS) is 13.8. The van der Waals surface area contributed by atoms with Crippen LogP contribution in [-0.2, 0) is 0 Å². The minimum atomic E-state index is -1.07. The van der Waals surface area contributed by atoms with Crippen LogP contribution >= 0.6 is 0 Å². The van der Waals surface area contributed by atoms with E-state index in [1.54, 1.807) is 32.4 Å². The molecule has 1 saturated heterocycles.